The highest BCUT2D eigenvalue weighted by Gasteiger charge is 2.41. The van der Waals surface area contributed by atoms with Gasteiger partial charge in [-0.05, 0) is 67.9 Å². The topological polar surface area (TPSA) is 12.9 Å². The lowest BCUT2D eigenvalue weighted by Gasteiger charge is -2.22. The quantitative estimate of drug-likeness (QED) is 0.247. The molecule has 0 fully saturated rings. The number of aromatic nitrogens is 1. The summed E-state index contributed by atoms with van der Waals surface area (Å²) in [7, 11) is -1.85. The number of hydrogen-bond acceptors (Lipinski definition) is 2. The summed E-state index contributed by atoms with van der Waals surface area (Å²) in [5.41, 5.74) is 6.98. The van der Waals surface area contributed by atoms with Crippen LogP contribution in [0.2, 0.25) is 13.1 Å². The van der Waals surface area contributed by atoms with Crippen LogP contribution in [0.25, 0.3) is 42.7 Å². The maximum atomic E-state index is 5.10. The van der Waals surface area contributed by atoms with Crippen molar-refractivity contribution in [2.24, 2.45) is 5.41 Å². The molecule has 0 aliphatic carbocycles. The van der Waals surface area contributed by atoms with E-state index in [0.29, 0.717) is 0 Å². The predicted molar refractivity (Wildman–Crippen MR) is 148 cm³/mol. The third-order valence-corrected chi connectivity index (χ3v) is 11.6. The van der Waals surface area contributed by atoms with Crippen LogP contribution in [0.15, 0.2) is 72.8 Å². The second-order valence-corrected chi connectivity index (χ2v) is 16.4. The van der Waals surface area contributed by atoms with Gasteiger partial charge in [0.15, 0.2) is 0 Å². The first-order valence-electron chi connectivity index (χ1n) is 11.8. The molecule has 0 amide bonds. The molecule has 0 radical (unpaired) electrons. The van der Waals surface area contributed by atoms with Crippen LogP contribution in [0.4, 0.5) is 0 Å². The van der Waals surface area contributed by atoms with Crippen LogP contribution >= 0.6 is 11.3 Å². The van der Waals surface area contributed by atoms with Crippen LogP contribution in [0.1, 0.15) is 26.3 Å². The summed E-state index contributed by atoms with van der Waals surface area (Å²) in [5.74, 6) is 0. The summed E-state index contributed by atoms with van der Waals surface area (Å²) in [4.78, 5) is 5.10. The molecule has 2 heterocycles. The highest BCUT2D eigenvalue weighted by molar-refractivity contribution is 7.21. The zero-order valence-electron chi connectivity index (χ0n) is 20.0. The number of fused-ring (bicyclic) bond motifs is 6. The van der Waals surface area contributed by atoms with Gasteiger partial charge in [-0.15, -0.1) is 11.3 Å². The molecule has 4 aromatic carbocycles. The minimum atomic E-state index is -1.85. The van der Waals surface area contributed by atoms with Crippen LogP contribution in [-0.2, 0) is 6.42 Å². The molecule has 0 unspecified atom stereocenters. The summed E-state index contributed by atoms with van der Waals surface area (Å²) in [6.07, 6.45) is 1.08. The van der Waals surface area contributed by atoms with Gasteiger partial charge >= 0.3 is 0 Å². The zero-order valence-corrected chi connectivity index (χ0v) is 21.8. The van der Waals surface area contributed by atoms with Gasteiger partial charge in [-0.2, -0.15) is 0 Å². The summed E-state index contributed by atoms with van der Waals surface area (Å²) in [6.45, 7) is 12.0. The summed E-state index contributed by atoms with van der Waals surface area (Å²) >= 11 is 1.82. The molecule has 5 aromatic rings. The Labute approximate surface area is 201 Å². The first kappa shape index (κ1) is 20.8. The van der Waals surface area contributed by atoms with Crippen molar-refractivity contribution >= 4 is 50.8 Å². The molecule has 0 saturated carbocycles. The fraction of sp³-hybridized carbons (Fsp3) is 0.233. The summed E-state index contributed by atoms with van der Waals surface area (Å²) in [5, 5.41) is 7.03. The van der Waals surface area contributed by atoms with Crippen LogP contribution in [0, 0.1) is 5.41 Å². The van der Waals surface area contributed by atoms with E-state index in [2.05, 4.69) is 107 Å². The highest BCUT2D eigenvalue weighted by Crippen LogP contribution is 2.42. The number of nitrogens with zero attached hydrogens (tertiary/aromatic N) is 1. The van der Waals surface area contributed by atoms with Gasteiger partial charge < -0.3 is 0 Å². The van der Waals surface area contributed by atoms with Gasteiger partial charge in [0.2, 0.25) is 0 Å². The van der Waals surface area contributed by atoms with Crippen LogP contribution in [-0.4, -0.2) is 13.1 Å². The fourth-order valence-corrected chi connectivity index (χ4v) is 10.1. The van der Waals surface area contributed by atoms with E-state index < -0.39 is 8.07 Å². The Balaban J connectivity index is 1.70. The van der Waals surface area contributed by atoms with Gasteiger partial charge in [0, 0.05) is 5.56 Å². The number of rotatable bonds is 2. The molecule has 0 spiro atoms. The van der Waals surface area contributed by atoms with Gasteiger partial charge in [-0.3, -0.25) is 0 Å². The Kier molecular flexibility index (Phi) is 4.49. The minimum Gasteiger partial charge on any atom is -0.236 e. The number of benzene rings is 4. The van der Waals surface area contributed by atoms with E-state index in [4.69, 9.17) is 4.98 Å². The van der Waals surface area contributed by atoms with E-state index in [9.17, 15) is 0 Å². The maximum absolute atomic E-state index is 5.10. The van der Waals surface area contributed by atoms with Crippen LogP contribution in [0.3, 0.4) is 0 Å². The van der Waals surface area contributed by atoms with E-state index in [1.807, 2.05) is 11.3 Å². The molecule has 0 saturated heterocycles. The van der Waals surface area contributed by atoms with Gasteiger partial charge in [-0.1, -0.05) is 88.5 Å². The monoisotopic (exact) mass is 463 g/mol. The van der Waals surface area contributed by atoms with Crippen molar-refractivity contribution < 1.29 is 0 Å². The molecular formula is C30H29NSSi. The Bertz CT molecular complexity index is 1520. The molecule has 1 aliphatic heterocycles. The van der Waals surface area contributed by atoms with Crippen LogP contribution in [0.5, 0.6) is 0 Å². The molecule has 0 bridgehead atoms. The molecule has 0 atom stereocenters. The Hall–Kier alpha value is -2.75. The van der Waals surface area contributed by atoms with E-state index in [0.717, 1.165) is 16.9 Å². The molecule has 33 heavy (non-hydrogen) atoms. The lowest BCUT2D eigenvalue weighted by atomic mass is 9.86. The van der Waals surface area contributed by atoms with E-state index >= 15 is 0 Å². The van der Waals surface area contributed by atoms with Crippen molar-refractivity contribution in [2.75, 3.05) is 0 Å². The molecule has 1 aromatic heterocycles. The van der Waals surface area contributed by atoms with Crippen molar-refractivity contribution in [2.45, 2.75) is 40.3 Å². The fourth-order valence-electron chi connectivity index (χ4n) is 5.63. The van der Waals surface area contributed by atoms with Gasteiger partial charge in [0.05, 0.1) is 10.2 Å². The van der Waals surface area contributed by atoms with E-state index in [1.54, 1.807) is 10.4 Å². The second-order valence-electron chi connectivity index (χ2n) is 11.1. The first-order valence-corrected chi connectivity index (χ1v) is 15.6. The van der Waals surface area contributed by atoms with Crippen molar-refractivity contribution in [3.8, 4) is 21.7 Å². The van der Waals surface area contributed by atoms with Crippen LogP contribution < -0.4 is 10.4 Å². The largest absolute Gasteiger partial charge is 0.236 e. The molecule has 3 heteroatoms. The average molecular weight is 464 g/mol. The van der Waals surface area contributed by atoms with Crippen molar-refractivity contribution in [1.82, 2.24) is 4.98 Å². The first-order chi connectivity index (χ1) is 15.7. The summed E-state index contributed by atoms with van der Waals surface area (Å²) < 4.78 is 1.26. The molecule has 6 rings (SSSR count). The van der Waals surface area contributed by atoms with Crippen molar-refractivity contribution in [3.63, 3.8) is 0 Å². The standard InChI is InChI=1S/C30H29NSSi/c1-30(2,3)18-19-14-15-26-22(16-19)27-23(29-31-24-12-8-9-13-25(24)32-29)17-20-10-6-7-11-21(20)28(27)33(26,4)5/h6-17H,18H2,1-5H3. The molecule has 164 valence electrons. The van der Waals surface area contributed by atoms with Crippen molar-refractivity contribution in [3.05, 3.63) is 78.4 Å². The highest BCUT2D eigenvalue weighted by atomic mass is 32.1. The predicted octanol–water partition coefficient (Wildman–Crippen LogP) is 7.51. The lowest BCUT2D eigenvalue weighted by molar-refractivity contribution is 0.411. The van der Waals surface area contributed by atoms with Gasteiger partial charge in [-0.25, -0.2) is 4.98 Å². The third kappa shape index (κ3) is 3.29. The molecule has 0 N–H and O–H groups in total. The molecule has 1 nitrogen and oxygen atoms in total. The summed E-state index contributed by atoms with van der Waals surface area (Å²) in [6, 6.07) is 27.2. The number of hydrogen-bond donors (Lipinski definition) is 0. The normalized spacial score (nSPS) is 14.6. The Morgan fingerprint density at radius 3 is 2.39 bits per heavy atom. The van der Waals surface area contributed by atoms with E-state index in [1.165, 1.54) is 37.7 Å². The third-order valence-electron chi connectivity index (χ3n) is 6.96. The van der Waals surface area contributed by atoms with Gasteiger partial charge in [0.25, 0.3) is 0 Å². The average Bonchev–Trinajstić information content (AvgIpc) is 3.29. The molecule has 1 aliphatic rings. The molecular weight excluding hydrogens is 434 g/mol. The minimum absolute atomic E-state index is 0.266. The smallest absolute Gasteiger partial charge is 0.125 e. The number of para-hydroxylation sites is 1. The maximum Gasteiger partial charge on any atom is 0.125 e. The SMILES string of the molecule is CC(C)(C)Cc1ccc2c(c1)-c1c(-c3nc4ccccc4s3)cc3ccccc3c1[Si]2(C)C. The van der Waals surface area contributed by atoms with Gasteiger partial charge in [0.1, 0.15) is 13.1 Å². The Morgan fingerprint density at radius 2 is 1.61 bits per heavy atom. The second kappa shape index (κ2) is 7.12. The number of thiazole rings is 1. The lowest BCUT2D eigenvalue weighted by Crippen LogP contribution is -2.49. The van der Waals surface area contributed by atoms with Crippen molar-refractivity contribution in [1.29, 1.82) is 0 Å². The van der Waals surface area contributed by atoms with E-state index in [-0.39, 0.29) is 5.41 Å². The Morgan fingerprint density at radius 1 is 0.848 bits per heavy atom. The zero-order chi connectivity index (χ0) is 23.0.